The molecule has 0 aromatic rings. The third kappa shape index (κ3) is 1.14. The van der Waals surface area contributed by atoms with E-state index in [2.05, 4.69) is 10.3 Å². The molecule has 0 radical (unpaired) electrons. The highest BCUT2D eigenvalue weighted by Crippen LogP contribution is 2.22. The number of aliphatic hydroxyl groups is 1. The number of hydrogen-bond acceptors (Lipinski definition) is 4. The molecule has 5 heteroatoms. The number of ketones is 1. The zero-order chi connectivity index (χ0) is 9.42. The fourth-order valence-corrected chi connectivity index (χ4v) is 1.21. The van der Waals surface area contributed by atoms with Gasteiger partial charge in [0.15, 0.2) is 5.76 Å². The van der Waals surface area contributed by atoms with Crippen LogP contribution >= 0.6 is 0 Å². The smallest absolute Gasteiger partial charge is 0.238 e. The normalized spacial score (nSPS) is 26.0. The molecule has 1 atom stereocenters. The van der Waals surface area contributed by atoms with Gasteiger partial charge in [-0.15, -0.1) is 0 Å². The van der Waals surface area contributed by atoms with Crippen molar-refractivity contribution >= 4 is 18.0 Å². The van der Waals surface area contributed by atoms with E-state index in [1.165, 1.54) is 12.4 Å². The number of carbonyl (C=O) groups excluding carboxylic acids is 2. The molecule has 0 bridgehead atoms. The number of hydrogen-bond donors (Lipinski definition) is 2. The van der Waals surface area contributed by atoms with Crippen molar-refractivity contribution in [2.75, 3.05) is 0 Å². The Morgan fingerprint density at radius 2 is 2.23 bits per heavy atom. The van der Waals surface area contributed by atoms with Crippen LogP contribution in [0.15, 0.2) is 28.6 Å². The van der Waals surface area contributed by atoms with Gasteiger partial charge >= 0.3 is 0 Å². The summed E-state index contributed by atoms with van der Waals surface area (Å²) in [5.74, 6) is -1.85. The van der Waals surface area contributed by atoms with Crippen LogP contribution in [0.4, 0.5) is 0 Å². The van der Waals surface area contributed by atoms with E-state index in [1.54, 1.807) is 0 Å². The van der Waals surface area contributed by atoms with Crippen LogP contribution in [0, 0.1) is 5.92 Å². The van der Waals surface area contributed by atoms with Crippen molar-refractivity contribution in [1.82, 2.24) is 5.32 Å². The molecule has 66 valence electrons. The molecule has 1 aliphatic heterocycles. The van der Waals surface area contributed by atoms with E-state index in [-0.39, 0.29) is 5.91 Å². The largest absolute Gasteiger partial charge is 0.504 e. The molecule has 0 saturated carbocycles. The molecule has 2 N–H and O–H groups in total. The minimum Gasteiger partial charge on any atom is -0.504 e. The second kappa shape index (κ2) is 2.55. The summed E-state index contributed by atoms with van der Waals surface area (Å²) in [5.41, 5.74) is 0.367. The molecule has 1 heterocycles. The summed E-state index contributed by atoms with van der Waals surface area (Å²) in [6.07, 6.45) is 3.59. The summed E-state index contributed by atoms with van der Waals surface area (Å²) in [6, 6.07) is 0. The molecule has 1 unspecified atom stereocenters. The second-order valence-electron chi connectivity index (χ2n) is 2.73. The number of carbonyl (C=O) groups is 2. The number of fused-ring (bicyclic) bond motifs is 1. The Labute approximate surface area is 73.5 Å². The molecule has 2 aliphatic rings. The van der Waals surface area contributed by atoms with E-state index in [1.807, 2.05) is 0 Å². The molecule has 0 saturated heterocycles. The van der Waals surface area contributed by atoms with Crippen LogP contribution in [0.1, 0.15) is 0 Å². The highest BCUT2D eigenvalue weighted by atomic mass is 16.3. The maximum absolute atomic E-state index is 11.2. The lowest BCUT2D eigenvalue weighted by Gasteiger charge is -2.19. The van der Waals surface area contributed by atoms with E-state index in [9.17, 15) is 9.59 Å². The van der Waals surface area contributed by atoms with Crippen molar-refractivity contribution < 1.29 is 14.7 Å². The van der Waals surface area contributed by atoms with E-state index < -0.39 is 17.5 Å². The van der Waals surface area contributed by atoms with Crippen LogP contribution in [-0.4, -0.2) is 23.1 Å². The number of nitrogens with zero attached hydrogens (tertiary/aromatic N) is 1. The van der Waals surface area contributed by atoms with Gasteiger partial charge in [-0.25, -0.2) is 4.99 Å². The first-order valence-electron chi connectivity index (χ1n) is 3.68. The Morgan fingerprint density at radius 1 is 1.46 bits per heavy atom. The van der Waals surface area contributed by atoms with Gasteiger partial charge in [-0.3, -0.25) is 9.59 Å². The summed E-state index contributed by atoms with van der Waals surface area (Å²) in [6.45, 7) is 0. The summed E-state index contributed by atoms with van der Waals surface area (Å²) in [4.78, 5) is 25.9. The molecular weight excluding hydrogens is 172 g/mol. The number of aliphatic imine (C=N–C) groups is 1. The average molecular weight is 178 g/mol. The van der Waals surface area contributed by atoms with Crippen molar-refractivity contribution in [2.24, 2.45) is 10.9 Å². The molecular formula is C8H6N2O3. The molecule has 5 nitrogen and oxygen atoms in total. The van der Waals surface area contributed by atoms with Crippen LogP contribution in [0.25, 0.3) is 0 Å². The predicted molar refractivity (Wildman–Crippen MR) is 43.9 cm³/mol. The second-order valence-corrected chi connectivity index (χ2v) is 2.73. The van der Waals surface area contributed by atoms with E-state index in [0.717, 1.165) is 6.08 Å². The fourth-order valence-electron chi connectivity index (χ4n) is 1.21. The monoisotopic (exact) mass is 178 g/mol. The predicted octanol–water partition coefficient (Wildman–Crippen LogP) is -0.331. The van der Waals surface area contributed by atoms with Gasteiger partial charge in [-0.1, -0.05) is 0 Å². The Kier molecular flexibility index (Phi) is 1.51. The van der Waals surface area contributed by atoms with E-state index >= 15 is 0 Å². The van der Waals surface area contributed by atoms with Crippen LogP contribution in [-0.2, 0) is 9.59 Å². The molecule has 0 aromatic carbocycles. The van der Waals surface area contributed by atoms with Crippen LogP contribution in [0.5, 0.6) is 0 Å². The van der Waals surface area contributed by atoms with Gasteiger partial charge < -0.3 is 10.4 Å². The summed E-state index contributed by atoms with van der Waals surface area (Å²) < 4.78 is 0. The quantitative estimate of drug-likeness (QED) is 0.533. The highest BCUT2D eigenvalue weighted by molar-refractivity contribution is 6.07. The Bertz CT molecular complexity index is 379. The lowest BCUT2D eigenvalue weighted by atomic mass is 9.96. The number of allylic oxidation sites excluding steroid dienone is 1. The number of nitrogens with one attached hydrogen (secondary N) is 1. The maximum Gasteiger partial charge on any atom is 0.238 e. The van der Waals surface area contributed by atoms with Gasteiger partial charge in [0, 0.05) is 6.08 Å². The summed E-state index contributed by atoms with van der Waals surface area (Å²) >= 11 is 0. The van der Waals surface area contributed by atoms with Crippen molar-refractivity contribution in [3.63, 3.8) is 0 Å². The van der Waals surface area contributed by atoms with Gasteiger partial charge in [0.25, 0.3) is 0 Å². The van der Waals surface area contributed by atoms with Gasteiger partial charge in [-0.2, -0.15) is 0 Å². The SMILES string of the molecule is O=C1C=C2N=CNC(=O)C2C=C1O. The first-order chi connectivity index (χ1) is 6.18. The first kappa shape index (κ1) is 7.72. The van der Waals surface area contributed by atoms with Crippen LogP contribution < -0.4 is 5.32 Å². The number of aliphatic hydroxyl groups excluding tert-OH is 1. The van der Waals surface area contributed by atoms with Crippen LogP contribution in [0.3, 0.4) is 0 Å². The van der Waals surface area contributed by atoms with E-state index in [0.29, 0.717) is 5.70 Å². The molecule has 0 fully saturated rings. The molecule has 1 aliphatic carbocycles. The number of amides is 1. The molecule has 0 spiro atoms. The molecule has 0 aromatic heterocycles. The van der Waals surface area contributed by atoms with Gasteiger partial charge in [-0.05, 0) is 6.08 Å². The van der Waals surface area contributed by atoms with Gasteiger partial charge in [0.1, 0.15) is 5.92 Å². The van der Waals surface area contributed by atoms with Crippen molar-refractivity contribution in [3.8, 4) is 0 Å². The third-order valence-electron chi connectivity index (χ3n) is 1.88. The zero-order valence-electron chi connectivity index (χ0n) is 6.52. The first-order valence-corrected chi connectivity index (χ1v) is 3.68. The lowest BCUT2D eigenvalue weighted by Crippen LogP contribution is -2.35. The Balaban J connectivity index is 2.45. The van der Waals surface area contributed by atoms with Gasteiger partial charge in [0.05, 0.1) is 12.0 Å². The minimum absolute atomic E-state index is 0.291. The highest BCUT2D eigenvalue weighted by Gasteiger charge is 2.29. The number of rotatable bonds is 0. The topological polar surface area (TPSA) is 78.8 Å². The third-order valence-corrected chi connectivity index (χ3v) is 1.88. The fraction of sp³-hybridized carbons (Fsp3) is 0.125. The average Bonchev–Trinajstić information content (AvgIpc) is 2.09. The maximum atomic E-state index is 11.2. The lowest BCUT2D eigenvalue weighted by molar-refractivity contribution is -0.121. The Morgan fingerprint density at radius 3 is 3.00 bits per heavy atom. The van der Waals surface area contributed by atoms with Crippen molar-refractivity contribution in [3.05, 3.63) is 23.6 Å². The zero-order valence-corrected chi connectivity index (χ0v) is 6.52. The summed E-state index contributed by atoms with van der Waals surface area (Å²) in [5, 5.41) is 11.4. The standard InChI is InChI=1S/C8H6N2O3/c11-6-1-4-5(2-7(6)12)9-3-10-8(4)13/h1-4,11H,(H,9,10,13). The van der Waals surface area contributed by atoms with Gasteiger partial charge in [0.2, 0.25) is 11.7 Å². The Hall–Kier alpha value is -1.91. The van der Waals surface area contributed by atoms with Crippen molar-refractivity contribution in [1.29, 1.82) is 0 Å². The minimum atomic E-state index is -0.636. The van der Waals surface area contributed by atoms with E-state index in [4.69, 9.17) is 5.11 Å². The van der Waals surface area contributed by atoms with Crippen molar-refractivity contribution in [2.45, 2.75) is 0 Å². The molecule has 1 amide bonds. The van der Waals surface area contributed by atoms with Crippen LogP contribution in [0.2, 0.25) is 0 Å². The molecule has 2 rings (SSSR count). The summed E-state index contributed by atoms with van der Waals surface area (Å²) in [7, 11) is 0. The molecule has 13 heavy (non-hydrogen) atoms.